The summed E-state index contributed by atoms with van der Waals surface area (Å²) in [6.45, 7) is 4.07. The Hall–Kier alpha value is -0.200. The van der Waals surface area contributed by atoms with Crippen LogP contribution in [0.3, 0.4) is 0 Å². The maximum atomic E-state index is 9.89. The van der Waals surface area contributed by atoms with Crippen LogP contribution in [0, 0.1) is 0 Å². The molecule has 0 spiro atoms. The van der Waals surface area contributed by atoms with Gasteiger partial charge in [0.2, 0.25) is 0 Å². The van der Waals surface area contributed by atoms with Crippen molar-refractivity contribution in [2.75, 3.05) is 6.61 Å². The minimum Gasteiger partial charge on any atom is -0.387 e. The second kappa shape index (κ2) is 2.68. The average molecular weight is 202 g/mol. The number of fused-ring (bicyclic) bond motifs is 4. The van der Waals surface area contributed by atoms with Crippen molar-refractivity contribution in [3.63, 3.8) is 0 Å². The molecular formula is C9H14O5. The van der Waals surface area contributed by atoms with Gasteiger partial charge < -0.3 is 24.1 Å². The van der Waals surface area contributed by atoms with Gasteiger partial charge in [-0.05, 0) is 13.8 Å². The average Bonchev–Trinajstić information content (AvgIpc) is 2.64. The van der Waals surface area contributed by atoms with E-state index in [0.29, 0.717) is 6.61 Å². The van der Waals surface area contributed by atoms with Crippen molar-refractivity contribution >= 4 is 0 Å². The van der Waals surface area contributed by atoms with Crippen LogP contribution >= 0.6 is 0 Å². The Balaban J connectivity index is 1.88. The zero-order chi connectivity index (χ0) is 9.92. The van der Waals surface area contributed by atoms with E-state index in [1.165, 1.54) is 0 Å². The van der Waals surface area contributed by atoms with Crippen molar-refractivity contribution < 1.29 is 24.1 Å². The summed E-state index contributed by atoms with van der Waals surface area (Å²) >= 11 is 0. The van der Waals surface area contributed by atoms with Crippen LogP contribution in [0.4, 0.5) is 0 Å². The maximum Gasteiger partial charge on any atom is 0.187 e. The van der Waals surface area contributed by atoms with Crippen LogP contribution in [0.2, 0.25) is 0 Å². The number of aliphatic hydroxyl groups excluding tert-OH is 1. The lowest BCUT2D eigenvalue weighted by molar-refractivity contribution is -0.198. The predicted molar refractivity (Wildman–Crippen MR) is 44.4 cm³/mol. The first-order valence-corrected chi connectivity index (χ1v) is 4.88. The van der Waals surface area contributed by atoms with Gasteiger partial charge in [0, 0.05) is 0 Å². The Morgan fingerprint density at radius 3 is 2.71 bits per heavy atom. The summed E-state index contributed by atoms with van der Waals surface area (Å²) in [5, 5.41) is 9.89. The Bertz CT molecular complexity index is 246. The SMILES string of the molecule is CC1(C)O[C@@H]2[C@@H]3OC[C@H](O3)[C@@H](O)[C@H]2O1. The summed E-state index contributed by atoms with van der Waals surface area (Å²) in [4.78, 5) is 0. The molecule has 3 aliphatic rings. The van der Waals surface area contributed by atoms with E-state index >= 15 is 0 Å². The van der Waals surface area contributed by atoms with Gasteiger partial charge in [-0.1, -0.05) is 0 Å². The van der Waals surface area contributed by atoms with Crippen LogP contribution in [0.1, 0.15) is 13.8 Å². The molecule has 5 nitrogen and oxygen atoms in total. The second-order valence-electron chi connectivity index (χ2n) is 4.43. The van der Waals surface area contributed by atoms with Gasteiger partial charge in [-0.15, -0.1) is 0 Å². The molecule has 0 aromatic heterocycles. The fraction of sp³-hybridized carbons (Fsp3) is 1.00. The number of rotatable bonds is 0. The first kappa shape index (κ1) is 9.06. The first-order chi connectivity index (χ1) is 6.57. The van der Waals surface area contributed by atoms with Gasteiger partial charge in [0.25, 0.3) is 0 Å². The van der Waals surface area contributed by atoms with Crippen LogP contribution in [0.5, 0.6) is 0 Å². The Labute approximate surface area is 81.9 Å². The molecule has 0 amide bonds. The summed E-state index contributed by atoms with van der Waals surface area (Å²) in [6, 6.07) is 0. The quantitative estimate of drug-likeness (QED) is 0.580. The zero-order valence-corrected chi connectivity index (χ0v) is 8.17. The van der Waals surface area contributed by atoms with E-state index in [2.05, 4.69) is 0 Å². The van der Waals surface area contributed by atoms with Crippen LogP contribution in [-0.4, -0.2) is 48.2 Å². The lowest BCUT2D eigenvalue weighted by Gasteiger charge is -2.31. The van der Waals surface area contributed by atoms with Gasteiger partial charge >= 0.3 is 0 Å². The van der Waals surface area contributed by atoms with Crippen molar-refractivity contribution in [2.45, 2.75) is 50.3 Å². The molecule has 5 atom stereocenters. The third-order valence-electron chi connectivity index (χ3n) is 2.88. The molecule has 0 radical (unpaired) electrons. The van der Waals surface area contributed by atoms with Gasteiger partial charge in [-0.2, -0.15) is 0 Å². The molecule has 0 unspecified atom stereocenters. The third kappa shape index (κ3) is 1.14. The Morgan fingerprint density at radius 1 is 1.21 bits per heavy atom. The normalized spacial score (nSPS) is 54.6. The first-order valence-electron chi connectivity index (χ1n) is 4.88. The van der Waals surface area contributed by atoms with E-state index in [4.69, 9.17) is 18.9 Å². The van der Waals surface area contributed by atoms with E-state index in [9.17, 15) is 5.11 Å². The van der Waals surface area contributed by atoms with Crippen molar-refractivity contribution in [1.82, 2.24) is 0 Å². The highest BCUT2D eigenvalue weighted by Crippen LogP contribution is 2.40. The van der Waals surface area contributed by atoms with Crippen LogP contribution in [-0.2, 0) is 18.9 Å². The van der Waals surface area contributed by atoms with E-state index in [1.54, 1.807) is 0 Å². The summed E-state index contributed by atoms with van der Waals surface area (Å²) < 4.78 is 22.0. The number of hydrogen-bond acceptors (Lipinski definition) is 5. The lowest BCUT2D eigenvalue weighted by Crippen LogP contribution is -2.52. The minimum atomic E-state index is -0.659. The molecule has 5 heteroatoms. The van der Waals surface area contributed by atoms with E-state index < -0.39 is 11.9 Å². The summed E-state index contributed by atoms with van der Waals surface area (Å²) in [5.74, 6) is -0.659. The van der Waals surface area contributed by atoms with Crippen molar-refractivity contribution in [3.05, 3.63) is 0 Å². The molecule has 80 valence electrons. The lowest BCUT2D eigenvalue weighted by atomic mass is 10.0. The highest BCUT2D eigenvalue weighted by molar-refractivity contribution is 4.98. The van der Waals surface area contributed by atoms with E-state index in [-0.39, 0.29) is 24.6 Å². The largest absolute Gasteiger partial charge is 0.387 e. The minimum absolute atomic E-state index is 0.265. The molecule has 3 saturated heterocycles. The third-order valence-corrected chi connectivity index (χ3v) is 2.88. The van der Waals surface area contributed by atoms with Crippen LogP contribution in [0.25, 0.3) is 0 Å². The molecule has 14 heavy (non-hydrogen) atoms. The van der Waals surface area contributed by atoms with Crippen LogP contribution < -0.4 is 0 Å². The number of aliphatic hydroxyl groups is 1. The molecule has 0 aromatic rings. The molecule has 3 aliphatic heterocycles. The van der Waals surface area contributed by atoms with Crippen molar-refractivity contribution in [1.29, 1.82) is 0 Å². The molecular weight excluding hydrogens is 188 g/mol. The molecule has 2 bridgehead atoms. The summed E-state index contributed by atoms with van der Waals surface area (Å²) in [7, 11) is 0. The standard InChI is InChI=1S/C9H14O5/c1-9(2)13-6-5(10)4-3-11-8(12-4)7(6)14-9/h4-8,10H,3H2,1-2H3/t4-,5+,6+,7-,8+/m0/s1. The molecule has 1 N–H and O–H groups in total. The zero-order valence-electron chi connectivity index (χ0n) is 8.17. The highest BCUT2D eigenvalue weighted by atomic mass is 16.8. The fourth-order valence-corrected chi connectivity index (χ4v) is 2.30. The molecule has 0 aliphatic carbocycles. The van der Waals surface area contributed by atoms with E-state index in [1.807, 2.05) is 13.8 Å². The molecule has 3 heterocycles. The van der Waals surface area contributed by atoms with Gasteiger partial charge in [0.15, 0.2) is 12.1 Å². The molecule has 0 aromatic carbocycles. The smallest absolute Gasteiger partial charge is 0.187 e. The van der Waals surface area contributed by atoms with Gasteiger partial charge in [0.1, 0.15) is 24.4 Å². The molecule has 3 fully saturated rings. The van der Waals surface area contributed by atoms with Crippen LogP contribution in [0.15, 0.2) is 0 Å². The van der Waals surface area contributed by atoms with Gasteiger partial charge in [0.05, 0.1) is 6.61 Å². The number of hydrogen-bond donors (Lipinski definition) is 1. The monoisotopic (exact) mass is 202 g/mol. The summed E-state index contributed by atoms with van der Waals surface area (Å²) in [5.41, 5.74) is 0. The predicted octanol–water partition coefficient (Wildman–Crippen LogP) is -0.378. The van der Waals surface area contributed by atoms with Gasteiger partial charge in [-0.3, -0.25) is 0 Å². The maximum absolute atomic E-state index is 9.89. The Morgan fingerprint density at radius 2 is 1.93 bits per heavy atom. The Kier molecular flexibility index (Phi) is 1.73. The summed E-state index contributed by atoms with van der Waals surface area (Å²) in [6.07, 6.45) is -1.93. The van der Waals surface area contributed by atoms with E-state index in [0.717, 1.165) is 0 Å². The number of ether oxygens (including phenoxy) is 4. The topological polar surface area (TPSA) is 57.2 Å². The highest BCUT2D eigenvalue weighted by Gasteiger charge is 2.58. The molecule has 0 saturated carbocycles. The fourth-order valence-electron chi connectivity index (χ4n) is 2.30. The van der Waals surface area contributed by atoms with Gasteiger partial charge in [-0.25, -0.2) is 0 Å². The van der Waals surface area contributed by atoms with Crippen molar-refractivity contribution in [3.8, 4) is 0 Å². The second-order valence-corrected chi connectivity index (χ2v) is 4.43. The van der Waals surface area contributed by atoms with Crippen molar-refractivity contribution in [2.24, 2.45) is 0 Å². The molecule has 3 rings (SSSR count).